The summed E-state index contributed by atoms with van der Waals surface area (Å²) in [6, 6.07) is 13.2. The number of hydrogen-bond acceptors (Lipinski definition) is 7. The summed E-state index contributed by atoms with van der Waals surface area (Å²) in [5.74, 6) is -0.225. The minimum atomic E-state index is -4.16. The predicted octanol–water partition coefficient (Wildman–Crippen LogP) is 4.77. The van der Waals surface area contributed by atoms with Gasteiger partial charge in [0.2, 0.25) is 5.91 Å². The van der Waals surface area contributed by atoms with Crippen molar-refractivity contribution in [2.45, 2.75) is 68.8 Å². The third kappa shape index (κ3) is 7.71. The Morgan fingerprint density at radius 2 is 1.92 bits per heavy atom. The lowest BCUT2D eigenvalue weighted by molar-refractivity contribution is -0.120. The Balaban J connectivity index is 2.00. The molecular formula is C27H40N2O7S2. The molecule has 9 nitrogen and oxygen atoms in total. The number of unbranched alkanes of at least 4 members (excludes halogenated alkanes) is 1. The SMILES string of the molecule is CCCCC1(CC)CS(O)(O)c2cc(CCC(=O)NCCS(=O)(=O)O)c(OC)cc2C(c2ccccc2)N1. The molecule has 1 aliphatic rings. The van der Waals surface area contributed by atoms with Crippen LogP contribution in [0.5, 0.6) is 5.75 Å². The summed E-state index contributed by atoms with van der Waals surface area (Å²) in [6.45, 7) is 4.00. The third-order valence-electron chi connectivity index (χ3n) is 7.13. The number of carbonyl (C=O) groups excluding carboxylic acids is 1. The molecule has 0 fully saturated rings. The van der Waals surface area contributed by atoms with Crippen LogP contribution in [0.3, 0.4) is 0 Å². The molecule has 0 bridgehead atoms. The molecule has 38 heavy (non-hydrogen) atoms. The number of hydrogen-bond donors (Lipinski definition) is 5. The minimum absolute atomic E-state index is 0.0373. The zero-order valence-electron chi connectivity index (χ0n) is 22.3. The molecule has 0 aromatic heterocycles. The summed E-state index contributed by atoms with van der Waals surface area (Å²) >= 11 is 0. The van der Waals surface area contributed by atoms with Crippen molar-refractivity contribution in [2.75, 3.05) is 25.2 Å². The van der Waals surface area contributed by atoms with Gasteiger partial charge in [-0.25, -0.2) is 0 Å². The first kappa shape index (κ1) is 30.4. The molecule has 2 atom stereocenters. The summed E-state index contributed by atoms with van der Waals surface area (Å²) in [5.41, 5.74) is 1.92. The molecule has 1 heterocycles. The van der Waals surface area contributed by atoms with Crippen LogP contribution in [0.25, 0.3) is 0 Å². The van der Waals surface area contributed by atoms with Crippen LogP contribution in [-0.4, -0.2) is 58.7 Å². The van der Waals surface area contributed by atoms with Crippen molar-refractivity contribution >= 4 is 26.6 Å². The maximum absolute atomic E-state index is 12.3. The normalized spacial score (nSPS) is 21.7. The largest absolute Gasteiger partial charge is 0.496 e. The standard InChI is InChI=1S/C27H40N2O7S2/c1-4-6-14-27(5-2)19-37(31,32)24-17-21(12-13-25(30)28-15-16-38(33,34)35)23(36-3)18-22(24)26(29-27)20-10-8-7-9-11-20/h7-11,17-18,26,29,31-32H,4-6,12-16,19H2,1-3H3,(H,28,30)(H,33,34,35). The molecule has 1 amide bonds. The molecule has 2 aromatic rings. The van der Waals surface area contributed by atoms with E-state index in [9.17, 15) is 22.3 Å². The van der Waals surface area contributed by atoms with E-state index in [-0.39, 0.29) is 37.1 Å². The number of amides is 1. The highest BCUT2D eigenvalue weighted by Crippen LogP contribution is 2.58. The smallest absolute Gasteiger partial charge is 0.266 e. The summed E-state index contributed by atoms with van der Waals surface area (Å²) in [4.78, 5) is 12.8. The van der Waals surface area contributed by atoms with Crippen LogP contribution in [0.1, 0.15) is 68.7 Å². The molecule has 0 saturated carbocycles. The highest BCUT2D eigenvalue weighted by atomic mass is 32.3. The molecule has 212 valence electrons. The van der Waals surface area contributed by atoms with Crippen molar-refractivity contribution in [1.82, 2.24) is 10.6 Å². The first-order valence-electron chi connectivity index (χ1n) is 12.9. The molecule has 5 N–H and O–H groups in total. The van der Waals surface area contributed by atoms with Gasteiger partial charge in [0.25, 0.3) is 10.1 Å². The Hall–Kier alpha value is -2.15. The lowest BCUT2D eigenvalue weighted by atomic mass is 9.87. The number of benzene rings is 2. The second kappa shape index (κ2) is 12.8. The Morgan fingerprint density at radius 3 is 2.53 bits per heavy atom. The molecule has 11 heteroatoms. The Bertz CT molecular complexity index is 1210. The first-order chi connectivity index (χ1) is 17.9. The van der Waals surface area contributed by atoms with Gasteiger partial charge in [-0.05, 0) is 42.5 Å². The van der Waals surface area contributed by atoms with E-state index >= 15 is 0 Å². The number of aryl methyl sites for hydroxylation is 1. The van der Waals surface area contributed by atoms with E-state index < -0.39 is 32.0 Å². The molecule has 3 rings (SSSR count). The van der Waals surface area contributed by atoms with Crippen LogP contribution in [0.4, 0.5) is 0 Å². The molecule has 0 radical (unpaired) electrons. The topological polar surface area (TPSA) is 145 Å². The fraction of sp³-hybridized carbons (Fsp3) is 0.519. The Labute approximate surface area is 227 Å². The Morgan fingerprint density at radius 1 is 1.21 bits per heavy atom. The van der Waals surface area contributed by atoms with Crippen molar-refractivity contribution in [1.29, 1.82) is 0 Å². The summed E-state index contributed by atoms with van der Waals surface area (Å²) in [7, 11) is -5.83. The number of methoxy groups -OCH3 is 1. The van der Waals surface area contributed by atoms with Gasteiger partial charge in [0.05, 0.1) is 29.6 Å². The molecule has 2 unspecified atom stereocenters. The van der Waals surface area contributed by atoms with Gasteiger partial charge in [0, 0.05) is 24.1 Å². The number of fused-ring (bicyclic) bond motifs is 1. The van der Waals surface area contributed by atoms with Gasteiger partial charge in [-0.3, -0.25) is 23.8 Å². The highest BCUT2D eigenvalue weighted by molar-refractivity contribution is 8.24. The average Bonchev–Trinajstić information content (AvgIpc) is 2.97. The second-order valence-electron chi connectivity index (χ2n) is 9.87. The van der Waals surface area contributed by atoms with E-state index in [0.717, 1.165) is 36.8 Å². The van der Waals surface area contributed by atoms with Gasteiger partial charge in [0.1, 0.15) is 5.75 Å². The van der Waals surface area contributed by atoms with E-state index in [2.05, 4.69) is 24.5 Å². The number of carbonyl (C=O) groups is 1. The molecule has 1 aliphatic heterocycles. The van der Waals surface area contributed by atoms with Gasteiger partial charge in [0.15, 0.2) is 0 Å². The monoisotopic (exact) mass is 568 g/mol. The third-order valence-corrected chi connectivity index (χ3v) is 9.86. The zero-order chi connectivity index (χ0) is 28.0. The van der Waals surface area contributed by atoms with E-state index in [0.29, 0.717) is 16.2 Å². The average molecular weight is 569 g/mol. The first-order valence-corrected chi connectivity index (χ1v) is 16.3. The van der Waals surface area contributed by atoms with E-state index in [1.165, 1.54) is 7.11 Å². The van der Waals surface area contributed by atoms with Crippen LogP contribution >= 0.6 is 10.6 Å². The fourth-order valence-corrected chi connectivity index (χ4v) is 7.61. The van der Waals surface area contributed by atoms with Gasteiger partial charge in [-0.1, -0.05) is 57.0 Å². The lowest BCUT2D eigenvalue weighted by Crippen LogP contribution is -2.49. The molecule has 0 spiro atoms. The Kier molecular flexibility index (Phi) is 10.2. The summed E-state index contributed by atoms with van der Waals surface area (Å²) < 4.78 is 59.5. The van der Waals surface area contributed by atoms with Gasteiger partial charge in [-0.2, -0.15) is 19.0 Å². The minimum Gasteiger partial charge on any atom is -0.496 e. The summed E-state index contributed by atoms with van der Waals surface area (Å²) in [6.07, 6.45) is 3.78. The van der Waals surface area contributed by atoms with Gasteiger partial charge in [-0.15, -0.1) is 0 Å². The number of ether oxygens (including phenoxy) is 1. The van der Waals surface area contributed by atoms with Crippen molar-refractivity contribution in [3.63, 3.8) is 0 Å². The van der Waals surface area contributed by atoms with E-state index in [4.69, 9.17) is 9.29 Å². The van der Waals surface area contributed by atoms with E-state index in [1.807, 2.05) is 36.4 Å². The molecule has 2 aromatic carbocycles. The van der Waals surface area contributed by atoms with Crippen LogP contribution in [0, 0.1) is 0 Å². The highest BCUT2D eigenvalue weighted by Gasteiger charge is 2.42. The van der Waals surface area contributed by atoms with Crippen LogP contribution in [0.2, 0.25) is 0 Å². The van der Waals surface area contributed by atoms with Gasteiger partial charge < -0.3 is 10.1 Å². The van der Waals surface area contributed by atoms with Crippen molar-refractivity contribution in [3.8, 4) is 5.75 Å². The molecule has 0 aliphatic carbocycles. The van der Waals surface area contributed by atoms with Gasteiger partial charge >= 0.3 is 0 Å². The quantitative estimate of drug-likeness (QED) is 0.230. The maximum atomic E-state index is 12.3. The second-order valence-corrected chi connectivity index (χ2v) is 13.5. The maximum Gasteiger partial charge on any atom is 0.266 e. The molecule has 0 saturated heterocycles. The van der Waals surface area contributed by atoms with Crippen molar-refractivity contribution < 1.29 is 31.6 Å². The zero-order valence-corrected chi connectivity index (χ0v) is 23.9. The summed E-state index contributed by atoms with van der Waals surface area (Å²) in [5, 5.41) is 6.29. The number of rotatable bonds is 12. The van der Waals surface area contributed by atoms with Crippen LogP contribution in [-0.2, 0) is 21.3 Å². The molecular weight excluding hydrogens is 528 g/mol. The lowest BCUT2D eigenvalue weighted by Gasteiger charge is -2.42. The van der Waals surface area contributed by atoms with Crippen molar-refractivity contribution in [2.24, 2.45) is 0 Å². The predicted molar refractivity (Wildman–Crippen MR) is 151 cm³/mol. The van der Waals surface area contributed by atoms with Crippen LogP contribution < -0.4 is 15.4 Å². The van der Waals surface area contributed by atoms with E-state index in [1.54, 1.807) is 6.07 Å². The van der Waals surface area contributed by atoms with Crippen LogP contribution in [0.15, 0.2) is 47.4 Å². The fourth-order valence-electron chi connectivity index (χ4n) is 5.01. The number of nitrogens with one attached hydrogen (secondary N) is 2. The van der Waals surface area contributed by atoms with Crippen molar-refractivity contribution in [3.05, 3.63) is 59.2 Å².